The first-order valence-electron chi connectivity index (χ1n) is 7.23. The number of amides is 1. The summed E-state index contributed by atoms with van der Waals surface area (Å²) < 4.78 is 0. The molecule has 0 radical (unpaired) electrons. The molecule has 0 aliphatic carbocycles. The molecular weight excluding hydrogens is 236 g/mol. The number of benzene rings is 1. The van der Waals surface area contributed by atoms with Crippen molar-refractivity contribution in [2.75, 3.05) is 19.6 Å². The first-order valence-corrected chi connectivity index (χ1v) is 7.23. The summed E-state index contributed by atoms with van der Waals surface area (Å²) in [6.07, 6.45) is 4.04. The van der Waals surface area contributed by atoms with Crippen molar-refractivity contribution in [3.8, 4) is 0 Å². The third kappa shape index (κ3) is 5.43. The Hall–Kier alpha value is -1.35. The Labute approximate surface area is 117 Å². The van der Waals surface area contributed by atoms with Crippen molar-refractivity contribution in [3.05, 3.63) is 35.4 Å². The summed E-state index contributed by atoms with van der Waals surface area (Å²) in [7, 11) is 0. The second-order valence-corrected chi connectivity index (χ2v) is 4.90. The maximum absolute atomic E-state index is 11.2. The average molecular weight is 262 g/mol. The molecular formula is C16H26N2O. The van der Waals surface area contributed by atoms with Crippen molar-refractivity contribution in [1.29, 1.82) is 0 Å². The van der Waals surface area contributed by atoms with Crippen LogP contribution >= 0.6 is 0 Å². The first kappa shape index (κ1) is 15.7. The summed E-state index contributed by atoms with van der Waals surface area (Å²) >= 11 is 0. The zero-order valence-corrected chi connectivity index (χ0v) is 12.4. The molecule has 106 valence electrons. The van der Waals surface area contributed by atoms with Gasteiger partial charge >= 0.3 is 0 Å². The molecule has 0 atom stereocenters. The van der Waals surface area contributed by atoms with Crippen LogP contribution in [-0.2, 0) is 11.2 Å². The molecule has 1 amide bonds. The molecule has 0 saturated heterocycles. The maximum Gasteiger partial charge on any atom is 0.224 e. The molecule has 0 aliphatic heterocycles. The minimum atomic E-state index is 0.797. The summed E-state index contributed by atoms with van der Waals surface area (Å²) in [5.41, 5.74) is 2.63. The van der Waals surface area contributed by atoms with Crippen LogP contribution in [0, 0.1) is 6.92 Å². The summed E-state index contributed by atoms with van der Waals surface area (Å²) in [5, 5.41) is 3.93. The number of aryl methyl sites for hydroxylation is 2. The Kier molecular flexibility index (Phi) is 7.19. The first-order chi connectivity index (χ1) is 9.21. The number of rotatable bonds is 9. The predicted octanol–water partition coefficient (Wildman–Crippen LogP) is 3.03. The van der Waals surface area contributed by atoms with Gasteiger partial charge in [0, 0.05) is 19.6 Å². The van der Waals surface area contributed by atoms with E-state index in [2.05, 4.69) is 50.0 Å². The molecule has 1 aromatic carbocycles. The molecule has 0 heterocycles. The molecule has 0 unspecified atom stereocenters. The van der Waals surface area contributed by atoms with Crippen molar-refractivity contribution in [1.82, 2.24) is 10.0 Å². The van der Waals surface area contributed by atoms with Gasteiger partial charge < -0.3 is 0 Å². The Morgan fingerprint density at radius 3 is 2.32 bits per heavy atom. The van der Waals surface area contributed by atoms with Crippen LogP contribution in [0.25, 0.3) is 0 Å². The van der Waals surface area contributed by atoms with Gasteiger partial charge in [0.15, 0.2) is 0 Å². The van der Waals surface area contributed by atoms with Crippen LogP contribution in [0.3, 0.4) is 0 Å². The zero-order chi connectivity index (χ0) is 14.1. The third-order valence-corrected chi connectivity index (χ3v) is 3.30. The largest absolute Gasteiger partial charge is 0.278 e. The van der Waals surface area contributed by atoms with Gasteiger partial charge in [-0.15, -0.1) is 0 Å². The third-order valence-electron chi connectivity index (χ3n) is 3.30. The fourth-order valence-corrected chi connectivity index (χ4v) is 2.19. The van der Waals surface area contributed by atoms with Crippen molar-refractivity contribution >= 4 is 6.41 Å². The topological polar surface area (TPSA) is 23.6 Å². The van der Waals surface area contributed by atoms with Crippen LogP contribution in [0.5, 0.6) is 0 Å². The number of carbonyl (C=O) groups is 1. The van der Waals surface area contributed by atoms with E-state index in [0.717, 1.165) is 45.3 Å². The lowest BCUT2D eigenvalue weighted by molar-refractivity contribution is -0.134. The van der Waals surface area contributed by atoms with E-state index in [9.17, 15) is 4.79 Å². The zero-order valence-electron chi connectivity index (χ0n) is 12.4. The minimum Gasteiger partial charge on any atom is -0.278 e. The van der Waals surface area contributed by atoms with Crippen LogP contribution in [-0.4, -0.2) is 36.1 Å². The highest BCUT2D eigenvalue weighted by Gasteiger charge is 2.09. The molecule has 0 fully saturated rings. The van der Waals surface area contributed by atoms with E-state index in [4.69, 9.17) is 0 Å². The van der Waals surface area contributed by atoms with Crippen molar-refractivity contribution in [2.45, 2.75) is 40.0 Å². The summed E-state index contributed by atoms with van der Waals surface area (Å²) in [5.74, 6) is 0. The molecule has 3 nitrogen and oxygen atoms in total. The Bertz CT molecular complexity index is 362. The van der Waals surface area contributed by atoms with E-state index in [1.54, 1.807) is 0 Å². The van der Waals surface area contributed by atoms with Gasteiger partial charge in [0.2, 0.25) is 6.41 Å². The van der Waals surface area contributed by atoms with Gasteiger partial charge in [-0.25, -0.2) is 5.01 Å². The quantitative estimate of drug-likeness (QED) is 0.504. The summed E-state index contributed by atoms with van der Waals surface area (Å²) in [6.45, 7) is 8.95. The molecule has 0 aliphatic rings. The van der Waals surface area contributed by atoms with Gasteiger partial charge in [0.25, 0.3) is 0 Å². The molecule has 0 spiro atoms. The monoisotopic (exact) mass is 262 g/mol. The summed E-state index contributed by atoms with van der Waals surface area (Å²) in [6, 6.07) is 8.62. The molecule has 3 heteroatoms. The molecule has 1 rings (SSSR count). The number of nitrogens with zero attached hydrogens (tertiary/aromatic N) is 2. The molecule has 1 aromatic rings. The standard InChI is InChI=1S/C16H26N2O/c1-4-12-17(5-2)18(14-19)13-6-7-16-10-8-15(3)9-11-16/h8-11,14H,4-7,12-13H2,1-3H3. The van der Waals surface area contributed by atoms with Gasteiger partial charge in [-0.1, -0.05) is 43.7 Å². The fraction of sp³-hybridized carbons (Fsp3) is 0.562. The van der Waals surface area contributed by atoms with E-state index < -0.39 is 0 Å². The number of hydrogen-bond donors (Lipinski definition) is 0. The number of carbonyl (C=O) groups excluding carboxylic acids is 1. The van der Waals surface area contributed by atoms with E-state index >= 15 is 0 Å². The van der Waals surface area contributed by atoms with E-state index in [-0.39, 0.29) is 0 Å². The highest BCUT2D eigenvalue weighted by Crippen LogP contribution is 2.07. The van der Waals surface area contributed by atoms with E-state index in [0.29, 0.717) is 0 Å². The van der Waals surface area contributed by atoms with Crippen molar-refractivity contribution in [3.63, 3.8) is 0 Å². The number of hydrogen-bond acceptors (Lipinski definition) is 2. The van der Waals surface area contributed by atoms with Gasteiger partial charge in [-0.2, -0.15) is 0 Å². The highest BCUT2D eigenvalue weighted by molar-refractivity contribution is 5.46. The van der Waals surface area contributed by atoms with E-state index in [1.165, 1.54) is 11.1 Å². The van der Waals surface area contributed by atoms with Gasteiger partial charge in [-0.05, 0) is 31.7 Å². The smallest absolute Gasteiger partial charge is 0.224 e. The fourth-order valence-electron chi connectivity index (χ4n) is 2.19. The predicted molar refractivity (Wildman–Crippen MR) is 79.8 cm³/mol. The molecule has 0 saturated carbocycles. The van der Waals surface area contributed by atoms with Crippen LogP contribution in [0.4, 0.5) is 0 Å². The van der Waals surface area contributed by atoms with Gasteiger partial charge in [0.1, 0.15) is 0 Å². The van der Waals surface area contributed by atoms with Gasteiger partial charge in [-0.3, -0.25) is 9.80 Å². The average Bonchev–Trinajstić information content (AvgIpc) is 2.43. The highest BCUT2D eigenvalue weighted by atomic mass is 16.1. The SMILES string of the molecule is CCCN(CC)N(C=O)CCCc1ccc(C)cc1. The van der Waals surface area contributed by atoms with Crippen molar-refractivity contribution < 1.29 is 4.79 Å². The normalized spacial score (nSPS) is 10.7. The van der Waals surface area contributed by atoms with Crippen LogP contribution in [0.1, 0.15) is 37.8 Å². The lowest BCUT2D eigenvalue weighted by Gasteiger charge is -2.30. The molecule has 19 heavy (non-hydrogen) atoms. The Morgan fingerprint density at radius 1 is 1.11 bits per heavy atom. The van der Waals surface area contributed by atoms with Crippen LogP contribution < -0.4 is 0 Å². The van der Waals surface area contributed by atoms with Crippen LogP contribution in [0.15, 0.2) is 24.3 Å². The molecule has 0 bridgehead atoms. The lowest BCUT2D eigenvalue weighted by atomic mass is 10.1. The Balaban J connectivity index is 2.40. The second kappa shape index (κ2) is 8.70. The van der Waals surface area contributed by atoms with Crippen molar-refractivity contribution in [2.24, 2.45) is 0 Å². The number of hydrazine groups is 1. The molecule has 0 N–H and O–H groups in total. The minimum absolute atomic E-state index is 0.797. The maximum atomic E-state index is 11.2. The second-order valence-electron chi connectivity index (χ2n) is 4.90. The lowest BCUT2D eigenvalue weighted by Crippen LogP contribution is -2.42. The van der Waals surface area contributed by atoms with Crippen LogP contribution in [0.2, 0.25) is 0 Å². The summed E-state index contributed by atoms with van der Waals surface area (Å²) in [4.78, 5) is 11.2. The van der Waals surface area contributed by atoms with E-state index in [1.807, 2.05) is 5.01 Å². The Morgan fingerprint density at radius 2 is 1.79 bits per heavy atom. The molecule has 0 aromatic heterocycles. The van der Waals surface area contributed by atoms with Gasteiger partial charge in [0.05, 0.1) is 0 Å².